The summed E-state index contributed by atoms with van der Waals surface area (Å²) < 4.78 is 10.6. The Morgan fingerprint density at radius 3 is 3.21 bits per heavy atom. The lowest BCUT2D eigenvalue weighted by Crippen LogP contribution is -2.07. The SMILES string of the molecule is CCOC(=O)c1csc(C2COc3ccccc32)n1. The highest BCUT2D eigenvalue weighted by atomic mass is 32.1. The summed E-state index contributed by atoms with van der Waals surface area (Å²) in [7, 11) is 0. The van der Waals surface area contributed by atoms with Gasteiger partial charge in [-0.15, -0.1) is 11.3 Å². The molecular weight excluding hydrogens is 262 g/mol. The average Bonchev–Trinajstić information content (AvgIpc) is 3.05. The zero-order chi connectivity index (χ0) is 13.2. The maximum Gasteiger partial charge on any atom is 0.357 e. The van der Waals surface area contributed by atoms with Gasteiger partial charge >= 0.3 is 5.97 Å². The summed E-state index contributed by atoms with van der Waals surface area (Å²) in [6.07, 6.45) is 0. The first-order chi connectivity index (χ1) is 9.29. The molecule has 0 saturated heterocycles. The van der Waals surface area contributed by atoms with E-state index in [1.165, 1.54) is 11.3 Å². The van der Waals surface area contributed by atoms with Gasteiger partial charge in [-0.2, -0.15) is 0 Å². The minimum absolute atomic E-state index is 0.115. The number of esters is 1. The number of ether oxygens (including phenoxy) is 2. The summed E-state index contributed by atoms with van der Waals surface area (Å²) in [4.78, 5) is 16.0. The number of para-hydroxylation sites is 1. The lowest BCUT2D eigenvalue weighted by molar-refractivity contribution is 0.0520. The Morgan fingerprint density at radius 2 is 2.37 bits per heavy atom. The number of hydrogen-bond donors (Lipinski definition) is 0. The Morgan fingerprint density at radius 1 is 1.53 bits per heavy atom. The number of thiazole rings is 1. The van der Waals surface area contributed by atoms with Gasteiger partial charge in [0, 0.05) is 10.9 Å². The molecule has 0 radical (unpaired) electrons. The van der Waals surface area contributed by atoms with Crippen molar-refractivity contribution >= 4 is 17.3 Å². The third-order valence-corrected chi connectivity index (χ3v) is 3.96. The van der Waals surface area contributed by atoms with Crippen LogP contribution in [0.4, 0.5) is 0 Å². The predicted molar refractivity (Wildman–Crippen MR) is 71.9 cm³/mol. The van der Waals surface area contributed by atoms with Crippen molar-refractivity contribution in [2.24, 2.45) is 0 Å². The quantitative estimate of drug-likeness (QED) is 0.808. The first-order valence-electron chi connectivity index (χ1n) is 6.14. The molecule has 0 bridgehead atoms. The third kappa shape index (κ3) is 2.21. The van der Waals surface area contributed by atoms with E-state index in [0.717, 1.165) is 16.3 Å². The summed E-state index contributed by atoms with van der Waals surface area (Å²) in [6.45, 7) is 2.72. The minimum atomic E-state index is -0.364. The molecule has 1 aliphatic heterocycles. The minimum Gasteiger partial charge on any atom is -0.492 e. The Kier molecular flexibility index (Phi) is 3.21. The van der Waals surface area contributed by atoms with Crippen LogP contribution in [0.5, 0.6) is 5.75 Å². The number of rotatable bonds is 3. The Labute approximate surface area is 115 Å². The molecule has 1 aromatic heterocycles. The van der Waals surface area contributed by atoms with E-state index < -0.39 is 0 Å². The van der Waals surface area contributed by atoms with Crippen LogP contribution >= 0.6 is 11.3 Å². The van der Waals surface area contributed by atoms with Crippen molar-refractivity contribution in [1.82, 2.24) is 4.98 Å². The van der Waals surface area contributed by atoms with E-state index in [2.05, 4.69) is 4.98 Å². The topological polar surface area (TPSA) is 48.4 Å². The molecule has 19 heavy (non-hydrogen) atoms. The monoisotopic (exact) mass is 275 g/mol. The molecule has 0 N–H and O–H groups in total. The van der Waals surface area contributed by atoms with Crippen LogP contribution in [-0.4, -0.2) is 24.2 Å². The van der Waals surface area contributed by atoms with Gasteiger partial charge in [-0.1, -0.05) is 18.2 Å². The van der Waals surface area contributed by atoms with E-state index in [1.807, 2.05) is 24.3 Å². The molecule has 98 valence electrons. The molecule has 1 atom stereocenters. The standard InChI is InChI=1S/C14H13NO3S/c1-2-17-14(16)11-8-19-13(15-11)10-7-18-12-6-4-3-5-9(10)12/h3-6,8,10H,2,7H2,1H3. The molecule has 2 aromatic rings. The van der Waals surface area contributed by atoms with Crippen LogP contribution in [0.1, 0.15) is 33.9 Å². The fraction of sp³-hybridized carbons (Fsp3) is 0.286. The van der Waals surface area contributed by atoms with Crippen LogP contribution in [-0.2, 0) is 4.74 Å². The van der Waals surface area contributed by atoms with E-state index in [1.54, 1.807) is 12.3 Å². The molecule has 1 aliphatic rings. The molecule has 4 nitrogen and oxygen atoms in total. The largest absolute Gasteiger partial charge is 0.492 e. The van der Waals surface area contributed by atoms with E-state index in [4.69, 9.17) is 9.47 Å². The maximum absolute atomic E-state index is 11.6. The highest BCUT2D eigenvalue weighted by Gasteiger charge is 2.28. The molecule has 2 heterocycles. The van der Waals surface area contributed by atoms with E-state index in [0.29, 0.717) is 18.9 Å². The number of carbonyl (C=O) groups is 1. The lowest BCUT2D eigenvalue weighted by atomic mass is 10.0. The van der Waals surface area contributed by atoms with E-state index in [-0.39, 0.29) is 11.9 Å². The van der Waals surface area contributed by atoms with Crippen LogP contribution in [0.2, 0.25) is 0 Å². The van der Waals surface area contributed by atoms with Gasteiger partial charge in [-0.25, -0.2) is 9.78 Å². The van der Waals surface area contributed by atoms with E-state index in [9.17, 15) is 4.79 Å². The van der Waals surface area contributed by atoms with Gasteiger partial charge in [0.1, 0.15) is 17.4 Å². The second-order valence-electron chi connectivity index (χ2n) is 4.19. The predicted octanol–water partition coefficient (Wildman–Crippen LogP) is 2.84. The molecule has 1 aromatic carbocycles. The van der Waals surface area contributed by atoms with E-state index >= 15 is 0 Å². The summed E-state index contributed by atoms with van der Waals surface area (Å²) in [5.41, 5.74) is 1.51. The van der Waals surface area contributed by atoms with Crippen molar-refractivity contribution in [2.45, 2.75) is 12.8 Å². The summed E-state index contributed by atoms with van der Waals surface area (Å²) in [5.74, 6) is 0.655. The van der Waals surface area contributed by atoms with Crippen molar-refractivity contribution < 1.29 is 14.3 Å². The van der Waals surface area contributed by atoms with Crippen LogP contribution in [0, 0.1) is 0 Å². The van der Waals surface area contributed by atoms with Crippen molar-refractivity contribution in [3.63, 3.8) is 0 Å². The average molecular weight is 275 g/mol. The van der Waals surface area contributed by atoms with Crippen LogP contribution in [0.25, 0.3) is 0 Å². The van der Waals surface area contributed by atoms with Gasteiger partial charge in [-0.05, 0) is 13.0 Å². The summed E-state index contributed by atoms with van der Waals surface area (Å²) >= 11 is 1.47. The summed E-state index contributed by atoms with van der Waals surface area (Å²) in [5, 5.41) is 2.64. The maximum atomic E-state index is 11.6. The second kappa shape index (κ2) is 5.01. The lowest BCUT2D eigenvalue weighted by Gasteiger charge is -2.03. The van der Waals surface area contributed by atoms with Gasteiger partial charge in [0.15, 0.2) is 5.69 Å². The van der Waals surface area contributed by atoms with Crippen LogP contribution in [0.3, 0.4) is 0 Å². The number of hydrogen-bond acceptors (Lipinski definition) is 5. The fourth-order valence-corrected chi connectivity index (χ4v) is 3.01. The van der Waals surface area contributed by atoms with Crippen molar-refractivity contribution in [3.05, 3.63) is 45.9 Å². The highest BCUT2D eigenvalue weighted by molar-refractivity contribution is 7.10. The first kappa shape index (κ1) is 12.2. The molecule has 0 saturated carbocycles. The third-order valence-electron chi connectivity index (χ3n) is 3.00. The Hall–Kier alpha value is -1.88. The molecular formula is C14H13NO3S. The first-order valence-corrected chi connectivity index (χ1v) is 7.02. The van der Waals surface area contributed by atoms with Crippen LogP contribution < -0.4 is 4.74 Å². The highest BCUT2D eigenvalue weighted by Crippen LogP contribution is 2.38. The number of fused-ring (bicyclic) bond motifs is 1. The van der Waals surface area contributed by atoms with Gasteiger partial charge in [-0.3, -0.25) is 0 Å². The molecule has 3 rings (SSSR count). The van der Waals surface area contributed by atoms with Crippen molar-refractivity contribution in [2.75, 3.05) is 13.2 Å². The van der Waals surface area contributed by atoms with Gasteiger partial charge in [0.2, 0.25) is 0 Å². The second-order valence-corrected chi connectivity index (χ2v) is 5.08. The Balaban J connectivity index is 1.87. The van der Waals surface area contributed by atoms with Gasteiger partial charge in [0.25, 0.3) is 0 Å². The van der Waals surface area contributed by atoms with Crippen molar-refractivity contribution in [3.8, 4) is 5.75 Å². The normalized spacial score (nSPS) is 16.8. The Bertz CT molecular complexity index is 608. The van der Waals surface area contributed by atoms with Gasteiger partial charge in [0.05, 0.1) is 12.5 Å². The molecule has 0 amide bonds. The number of aromatic nitrogens is 1. The molecule has 1 unspecified atom stereocenters. The fourth-order valence-electron chi connectivity index (χ4n) is 2.11. The molecule has 5 heteroatoms. The van der Waals surface area contributed by atoms with Crippen LogP contribution in [0.15, 0.2) is 29.6 Å². The zero-order valence-electron chi connectivity index (χ0n) is 10.5. The smallest absolute Gasteiger partial charge is 0.357 e. The molecule has 0 spiro atoms. The zero-order valence-corrected chi connectivity index (χ0v) is 11.3. The number of carbonyl (C=O) groups excluding carboxylic acids is 1. The number of nitrogens with zero attached hydrogens (tertiary/aromatic N) is 1. The summed E-state index contributed by atoms with van der Waals surface area (Å²) in [6, 6.07) is 7.93. The number of benzene rings is 1. The molecule has 0 aliphatic carbocycles. The molecule has 0 fully saturated rings. The van der Waals surface area contributed by atoms with Gasteiger partial charge < -0.3 is 9.47 Å². The van der Waals surface area contributed by atoms with Crippen molar-refractivity contribution in [1.29, 1.82) is 0 Å².